The van der Waals surface area contributed by atoms with Crippen LogP contribution >= 0.6 is 11.3 Å². The average Bonchev–Trinajstić information content (AvgIpc) is 3.29. The van der Waals surface area contributed by atoms with Gasteiger partial charge in [-0.15, -0.1) is 11.3 Å². The van der Waals surface area contributed by atoms with Crippen LogP contribution in [0, 0.1) is 0 Å². The van der Waals surface area contributed by atoms with Gasteiger partial charge >= 0.3 is 0 Å². The maximum absolute atomic E-state index is 12.2. The SMILES string of the molecule is CCc1nc([C@H](C)NC(=O)c2cc(Cn3cccn3)on2)cs1. The molecule has 0 saturated heterocycles. The molecule has 0 spiro atoms. The van der Waals surface area contributed by atoms with Crippen molar-refractivity contribution in [1.82, 2.24) is 25.2 Å². The van der Waals surface area contributed by atoms with Gasteiger partial charge in [0.2, 0.25) is 0 Å². The first-order valence-corrected chi connectivity index (χ1v) is 8.22. The topological polar surface area (TPSA) is 85.8 Å². The van der Waals surface area contributed by atoms with E-state index in [1.165, 1.54) is 0 Å². The van der Waals surface area contributed by atoms with Crippen LogP contribution in [0.2, 0.25) is 0 Å². The second-order valence-corrected chi connectivity index (χ2v) is 6.04. The molecule has 23 heavy (non-hydrogen) atoms. The molecule has 1 amide bonds. The van der Waals surface area contributed by atoms with Gasteiger partial charge in [-0.1, -0.05) is 12.1 Å². The molecule has 0 radical (unpaired) electrons. The quantitative estimate of drug-likeness (QED) is 0.750. The molecule has 3 aromatic rings. The Morgan fingerprint density at radius 3 is 3.09 bits per heavy atom. The second kappa shape index (κ2) is 6.74. The fourth-order valence-corrected chi connectivity index (χ4v) is 2.92. The summed E-state index contributed by atoms with van der Waals surface area (Å²) < 4.78 is 6.88. The summed E-state index contributed by atoms with van der Waals surface area (Å²) in [6.45, 7) is 4.40. The fraction of sp³-hybridized carbons (Fsp3) is 0.333. The van der Waals surface area contributed by atoms with Crippen molar-refractivity contribution in [3.8, 4) is 0 Å². The molecule has 1 atom stereocenters. The summed E-state index contributed by atoms with van der Waals surface area (Å²) in [7, 11) is 0. The van der Waals surface area contributed by atoms with Gasteiger partial charge in [0.1, 0.15) is 6.54 Å². The van der Waals surface area contributed by atoms with E-state index in [4.69, 9.17) is 4.52 Å². The lowest BCUT2D eigenvalue weighted by molar-refractivity contribution is 0.0930. The third-order valence-electron chi connectivity index (χ3n) is 3.33. The highest BCUT2D eigenvalue weighted by Crippen LogP contribution is 2.17. The lowest BCUT2D eigenvalue weighted by Gasteiger charge is -2.09. The third kappa shape index (κ3) is 3.65. The van der Waals surface area contributed by atoms with Crippen LogP contribution < -0.4 is 5.32 Å². The van der Waals surface area contributed by atoms with E-state index < -0.39 is 0 Å². The number of amides is 1. The van der Waals surface area contributed by atoms with Gasteiger partial charge < -0.3 is 9.84 Å². The molecule has 0 aliphatic heterocycles. The lowest BCUT2D eigenvalue weighted by Crippen LogP contribution is -2.27. The van der Waals surface area contributed by atoms with Crippen LogP contribution in [0.5, 0.6) is 0 Å². The zero-order valence-corrected chi connectivity index (χ0v) is 13.7. The Hall–Kier alpha value is -2.48. The van der Waals surface area contributed by atoms with Gasteiger partial charge in [-0.05, 0) is 19.4 Å². The summed E-state index contributed by atoms with van der Waals surface area (Å²) >= 11 is 1.60. The highest BCUT2D eigenvalue weighted by Gasteiger charge is 2.17. The molecule has 3 rings (SSSR count). The van der Waals surface area contributed by atoms with Gasteiger partial charge in [-0.3, -0.25) is 9.48 Å². The van der Waals surface area contributed by atoms with Crippen LogP contribution in [-0.4, -0.2) is 25.8 Å². The van der Waals surface area contributed by atoms with Gasteiger partial charge in [-0.2, -0.15) is 5.10 Å². The zero-order valence-electron chi connectivity index (χ0n) is 12.9. The Bertz CT molecular complexity index is 778. The van der Waals surface area contributed by atoms with E-state index >= 15 is 0 Å². The van der Waals surface area contributed by atoms with Gasteiger partial charge in [-0.25, -0.2) is 4.98 Å². The first-order chi connectivity index (χ1) is 11.2. The van der Waals surface area contributed by atoms with Gasteiger partial charge in [0.15, 0.2) is 11.5 Å². The first-order valence-electron chi connectivity index (χ1n) is 7.34. The van der Waals surface area contributed by atoms with Crippen molar-refractivity contribution >= 4 is 17.2 Å². The molecule has 0 saturated carbocycles. The highest BCUT2D eigenvalue weighted by atomic mass is 32.1. The average molecular weight is 331 g/mol. The van der Waals surface area contributed by atoms with E-state index in [-0.39, 0.29) is 17.6 Å². The van der Waals surface area contributed by atoms with Gasteiger partial charge in [0.05, 0.1) is 16.7 Å². The number of nitrogens with one attached hydrogen (secondary N) is 1. The monoisotopic (exact) mass is 331 g/mol. The van der Waals surface area contributed by atoms with Crippen LogP contribution in [-0.2, 0) is 13.0 Å². The Balaban J connectivity index is 1.62. The predicted octanol–water partition coefficient (Wildman–Crippen LogP) is 2.43. The van der Waals surface area contributed by atoms with Crippen molar-refractivity contribution in [2.75, 3.05) is 0 Å². The number of nitrogens with zero attached hydrogens (tertiary/aromatic N) is 4. The summed E-state index contributed by atoms with van der Waals surface area (Å²) in [5.74, 6) is 0.299. The molecule has 3 heterocycles. The summed E-state index contributed by atoms with van der Waals surface area (Å²) in [5.41, 5.74) is 1.12. The smallest absolute Gasteiger partial charge is 0.274 e. The largest absolute Gasteiger partial charge is 0.359 e. The minimum atomic E-state index is -0.279. The fourth-order valence-electron chi connectivity index (χ4n) is 2.08. The molecule has 1 N–H and O–H groups in total. The maximum Gasteiger partial charge on any atom is 0.274 e. The number of hydrogen-bond acceptors (Lipinski definition) is 6. The Morgan fingerprint density at radius 2 is 2.39 bits per heavy atom. The Morgan fingerprint density at radius 1 is 1.52 bits per heavy atom. The van der Waals surface area contributed by atoms with Crippen molar-refractivity contribution in [1.29, 1.82) is 0 Å². The van der Waals surface area contributed by atoms with E-state index in [1.54, 1.807) is 28.3 Å². The predicted molar refractivity (Wildman–Crippen MR) is 85.2 cm³/mol. The number of aromatic nitrogens is 4. The molecule has 0 aliphatic carbocycles. The minimum Gasteiger partial charge on any atom is -0.359 e. The van der Waals surface area contributed by atoms with Crippen molar-refractivity contribution in [3.63, 3.8) is 0 Å². The second-order valence-electron chi connectivity index (χ2n) is 5.10. The number of carbonyl (C=O) groups is 1. The number of carbonyl (C=O) groups excluding carboxylic acids is 1. The van der Waals surface area contributed by atoms with Gasteiger partial charge in [0, 0.05) is 23.8 Å². The molecule has 0 fully saturated rings. The lowest BCUT2D eigenvalue weighted by atomic mass is 10.2. The molecule has 0 aliphatic rings. The molecule has 8 heteroatoms. The molecule has 120 valence electrons. The molecule has 3 aromatic heterocycles. The Kier molecular flexibility index (Phi) is 4.52. The normalized spacial score (nSPS) is 12.3. The van der Waals surface area contributed by atoms with Crippen molar-refractivity contribution in [3.05, 3.63) is 52.1 Å². The summed E-state index contributed by atoms with van der Waals surface area (Å²) in [5, 5.41) is 13.8. The van der Waals surface area contributed by atoms with E-state index in [2.05, 4.69) is 27.5 Å². The van der Waals surface area contributed by atoms with Crippen LogP contribution in [0.15, 0.2) is 34.4 Å². The van der Waals surface area contributed by atoms with Crippen LogP contribution in [0.3, 0.4) is 0 Å². The molecule has 0 aromatic carbocycles. The highest BCUT2D eigenvalue weighted by molar-refractivity contribution is 7.09. The molecular weight excluding hydrogens is 314 g/mol. The van der Waals surface area contributed by atoms with E-state index in [0.717, 1.165) is 17.1 Å². The van der Waals surface area contributed by atoms with Crippen molar-refractivity contribution in [2.24, 2.45) is 0 Å². The first kappa shape index (κ1) is 15.4. The van der Waals surface area contributed by atoms with E-state index in [1.807, 2.05) is 24.6 Å². The standard InChI is InChI=1S/C15H17N5O2S/c1-3-14-18-13(9-23-14)10(2)17-15(21)12-7-11(22-19-12)8-20-6-4-5-16-20/h4-7,9-10H,3,8H2,1-2H3,(H,17,21)/t10-/m0/s1. The number of thiazole rings is 1. The van der Waals surface area contributed by atoms with Crippen molar-refractivity contribution < 1.29 is 9.32 Å². The molecule has 0 bridgehead atoms. The summed E-state index contributed by atoms with van der Waals surface area (Å²) in [6.07, 6.45) is 4.40. The van der Waals surface area contributed by atoms with Gasteiger partial charge in [0.25, 0.3) is 5.91 Å². The van der Waals surface area contributed by atoms with Crippen LogP contribution in [0.25, 0.3) is 0 Å². The van der Waals surface area contributed by atoms with Crippen LogP contribution in [0.1, 0.15) is 46.8 Å². The molecule has 0 unspecified atom stereocenters. The number of hydrogen-bond donors (Lipinski definition) is 1. The van der Waals surface area contributed by atoms with E-state index in [0.29, 0.717) is 12.3 Å². The number of aryl methyl sites for hydroxylation is 1. The van der Waals surface area contributed by atoms with Crippen molar-refractivity contribution in [2.45, 2.75) is 32.9 Å². The Labute approximate surface area is 137 Å². The third-order valence-corrected chi connectivity index (χ3v) is 4.34. The van der Waals surface area contributed by atoms with E-state index in [9.17, 15) is 4.79 Å². The van der Waals surface area contributed by atoms with Crippen LogP contribution in [0.4, 0.5) is 0 Å². The zero-order chi connectivity index (χ0) is 16.2. The molecular formula is C15H17N5O2S. The summed E-state index contributed by atoms with van der Waals surface area (Å²) in [6, 6.07) is 3.28. The number of rotatable bonds is 6. The summed E-state index contributed by atoms with van der Waals surface area (Å²) in [4.78, 5) is 16.7. The minimum absolute atomic E-state index is 0.176. The molecule has 7 nitrogen and oxygen atoms in total. The maximum atomic E-state index is 12.2.